The molecular formula is C29H30N2O5S. The summed E-state index contributed by atoms with van der Waals surface area (Å²) in [5.74, 6) is 0.620. The van der Waals surface area contributed by atoms with Gasteiger partial charge in [0.2, 0.25) is 5.91 Å². The Balaban J connectivity index is 1.50. The van der Waals surface area contributed by atoms with Gasteiger partial charge in [-0.1, -0.05) is 60.2 Å². The van der Waals surface area contributed by atoms with Gasteiger partial charge in [-0.3, -0.25) is 9.10 Å². The number of hydrogen-bond acceptors (Lipinski definition) is 5. The molecule has 7 nitrogen and oxygen atoms in total. The molecule has 0 saturated heterocycles. The highest BCUT2D eigenvalue weighted by atomic mass is 32.2. The predicted octanol–water partition coefficient (Wildman–Crippen LogP) is 4.86. The van der Waals surface area contributed by atoms with Crippen molar-refractivity contribution in [3.05, 3.63) is 96.1 Å². The minimum atomic E-state index is -4.05. The van der Waals surface area contributed by atoms with Gasteiger partial charge >= 0.3 is 0 Å². The largest absolute Gasteiger partial charge is 0.495 e. The van der Waals surface area contributed by atoms with E-state index in [1.807, 2.05) is 62.4 Å². The Bertz CT molecular complexity index is 1500. The number of nitrogens with zero attached hydrogens (tertiary/aromatic N) is 1. The first kappa shape index (κ1) is 26.0. The lowest BCUT2D eigenvalue weighted by atomic mass is 10.1. The maximum atomic E-state index is 13.7. The molecule has 0 heterocycles. The molecule has 4 aromatic carbocycles. The van der Waals surface area contributed by atoms with Gasteiger partial charge in [-0.05, 0) is 55.1 Å². The molecule has 37 heavy (non-hydrogen) atoms. The molecular weight excluding hydrogens is 488 g/mol. The molecule has 0 spiro atoms. The second-order valence-corrected chi connectivity index (χ2v) is 10.5. The SMILES string of the molecule is COc1ccc(C)cc1N(CC(=O)NCCOc1cccc2ccccc12)S(=O)(=O)c1ccc(C)cc1. The van der Waals surface area contributed by atoms with E-state index in [9.17, 15) is 13.2 Å². The molecule has 4 aromatic rings. The minimum absolute atomic E-state index is 0.0914. The number of carbonyl (C=O) groups is 1. The summed E-state index contributed by atoms with van der Waals surface area (Å²) in [6.45, 7) is 3.77. The van der Waals surface area contributed by atoms with Gasteiger partial charge in [0.1, 0.15) is 24.7 Å². The average Bonchev–Trinajstić information content (AvgIpc) is 2.90. The van der Waals surface area contributed by atoms with Crippen LogP contribution < -0.4 is 19.1 Å². The molecule has 0 atom stereocenters. The van der Waals surface area contributed by atoms with Crippen LogP contribution in [0.3, 0.4) is 0 Å². The Morgan fingerprint density at radius 1 is 0.865 bits per heavy atom. The van der Waals surface area contributed by atoms with Gasteiger partial charge < -0.3 is 14.8 Å². The van der Waals surface area contributed by atoms with E-state index < -0.39 is 22.5 Å². The van der Waals surface area contributed by atoms with Crippen molar-refractivity contribution in [2.75, 3.05) is 31.1 Å². The summed E-state index contributed by atoms with van der Waals surface area (Å²) >= 11 is 0. The molecule has 0 fully saturated rings. The summed E-state index contributed by atoms with van der Waals surface area (Å²) in [4.78, 5) is 13.0. The molecule has 0 saturated carbocycles. The lowest BCUT2D eigenvalue weighted by Crippen LogP contribution is -2.42. The lowest BCUT2D eigenvalue weighted by Gasteiger charge is -2.26. The molecule has 0 radical (unpaired) electrons. The zero-order valence-corrected chi connectivity index (χ0v) is 21.9. The fraction of sp³-hybridized carbons (Fsp3) is 0.207. The summed E-state index contributed by atoms with van der Waals surface area (Å²) in [7, 11) is -2.58. The number of amides is 1. The van der Waals surface area contributed by atoms with E-state index in [0.29, 0.717) is 11.4 Å². The Kier molecular flexibility index (Phi) is 7.98. The standard InChI is InChI=1S/C29H30N2O5S/c1-21-11-14-24(15-12-21)37(33,34)31(26-19-22(2)13-16-28(26)35-3)20-29(32)30-17-18-36-27-10-6-8-23-7-4-5-9-25(23)27/h4-16,19H,17-18,20H2,1-3H3,(H,30,32). The van der Waals surface area contributed by atoms with Gasteiger partial charge in [-0.25, -0.2) is 8.42 Å². The zero-order chi connectivity index (χ0) is 26.4. The van der Waals surface area contributed by atoms with Crippen LogP contribution in [0, 0.1) is 13.8 Å². The monoisotopic (exact) mass is 518 g/mol. The maximum Gasteiger partial charge on any atom is 0.264 e. The Morgan fingerprint density at radius 2 is 1.57 bits per heavy atom. The van der Waals surface area contributed by atoms with Crippen molar-refractivity contribution >= 4 is 32.4 Å². The highest BCUT2D eigenvalue weighted by Gasteiger charge is 2.29. The normalized spacial score (nSPS) is 11.2. The number of fused-ring (bicyclic) bond motifs is 1. The van der Waals surface area contributed by atoms with Crippen LogP contribution in [-0.4, -0.2) is 41.1 Å². The third kappa shape index (κ3) is 6.03. The molecule has 0 aliphatic rings. The number of ether oxygens (including phenoxy) is 2. The quantitative estimate of drug-likeness (QED) is 0.303. The summed E-state index contributed by atoms with van der Waals surface area (Å²) < 4.78 is 39.7. The van der Waals surface area contributed by atoms with Crippen LogP contribution >= 0.6 is 0 Å². The first-order valence-corrected chi connectivity index (χ1v) is 13.3. The van der Waals surface area contributed by atoms with Crippen molar-refractivity contribution in [1.82, 2.24) is 5.32 Å². The number of sulfonamides is 1. The zero-order valence-electron chi connectivity index (χ0n) is 21.1. The topological polar surface area (TPSA) is 84.9 Å². The van der Waals surface area contributed by atoms with Crippen molar-refractivity contribution in [3.63, 3.8) is 0 Å². The van der Waals surface area contributed by atoms with Crippen molar-refractivity contribution in [2.24, 2.45) is 0 Å². The van der Waals surface area contributed by atoms with Gasteiger partial charge in [-0.2, -0.15) is 0 Å². The summed E-state index contributed by atoms with van der Waals surface area (Å²) in [6, 6.07) is 25.4. The van der Waals surface area contributed by atoms with E-state index >= 15 is 0 Å². The van der Waals surface area contributed by atoms with Gasteiger partial charge in [-0.15, -0.1) is 0 Å². The minimum Gasteiger partial charge on any atom is -0.495 e. The number of benzene rings is 4. The molecule has 8 heteroatoms. The summed E-state index contributed by atoms with van der Waals surface area (Å²) in [5, 5.41) is 4.82. The number of hydrogen-bond donors (Lipinski definition) is 1. The molecule has 192 valence electrons. The number of nitrogens with one attached hydrogen (secondary N) is 1. The first-order valence-electron chi connectivity index (χ1n) is 11.9. The van der Waals surface area contributed by atoms with Crippen LogP contribution in [0.1, 0.15) is 11.1 Å². The van der Waals surface area contributed by atoms with Crippen LogP contribution in [0.25, 0.3) is 10.8 Å². The summed E-state index contributed by atoms with van der Waals surface area (Å²) in [6.07, 6.45) is 0. The Morgan fingerprint density at radius 3 is 2.32 bits per heavy atom. The third-order valence-electron chi connectivity index (χ3n) is 5.93. The highest BCUT2D eigenvalue weighted by Crippen LogP contribution is 2.33. The third-order valence-corrected chi connectivity index (χ3v) is 7.70. The second kappa shape index (κ2) is 11.3. The molecule has 0 aliphatic heterocycles. The van der Waals surface area contributed by atoms with Crippen molar-refractivity contribution < 1.29 is 22.7 Å². The Labute approximate surface area is 217 Å². The fourth-order valence-corrected chi connectivity index (χ4v) is 5.41. The highest BCUT2D eigenvalue weighted by molar-refractivity contribution is 7.92. The molecule has 0 aromatic heterocycles. The predicted molar refractivity (Wildman–Crippen MR) is 146 cm³/mol. The maximum absolute atomic E-state index is 13.7. The second-order valence-electron chi connectivity index (χ2n) is 8.68. The van der Waals surface area contributed by atoms with Crippen LogP contribution in [0.4, 0.5) is 5.69 Å². The number of carbonyl (C=O) groups excluding carboxylic acids is 1. The number of anilines is 1. The van der Waals surface area contributed by atoms with E-state index in [2.05, 4.69) is 5.32 Å². The fourth-order valence-electron chi connectivity index (χ4n) is 3.99. The Hall–Kier alpha value is -4.04. The van der Waals surface area contributed by atoms with Gasteiger partial charge in [0.05, 0.1) is 24.2 Å². The molecule has 0 unspecified atom stereocenters. The summed E-state index contributed by atoms with van der Waals surface area (Å²) in [5.41, 5.74) is 2.07. The van der Waals surface area contributed by atoms with E-state index in [0.717, 1.165) is 32.0 Å². The molecule has 1 N–H and O–H groups in total. The van der Waals surface area contributed by atoms with Gasteiger partial charge in [0.15, 0.2) is 0 Å². The molecule has 1 amide bonds. The number of rotatable bonds is 10. The van der Waals surface area contributed by atoms with Crippen LogP contribution in [-0.2, 0) is 14.8 Å². The molecule has 0 bridgehead atoms. The van der Waals surface area contributed by atoms with Crippen molar-refractivity contribution in [1.29, 1.82) is 0 Å². The lowest BCUT2D eigenvalue weighted by molar-refractivity contribution is -0.119. The average molecular weight is 519 g/mol. The van der Waals surface area contributed by atoms with E-state index in [4.69, 9.17) is 9.47 Å². The van der Waals surface area contributed by atoms with Crippen LogP contribution in [0.5, 0.6) is 11.5 Å². The molecule has 0 aliphatic carbocycles. The first-order chi connectivity index (χ1) is 17.8. The van der Waals surface area contributed by atoms with E-state index in [1.165, 1.54) is 19.2 Å². The van der Waals surface area contributed by atoms with Crippen molar-refractivity contribution in [3.8, 4) is 11.5 Å². The van der Waals surface area contributed by atoms with Crippen LogP contribution in [0.15, 0.2) is 89.8 Å². The van der Waals surface area contributed by atoms with Gasteiger partial charge in [0.25, 0.3) is 10.0 Å². The number of aryl methyl sites for hydroxylation is 2. The van der Waals surface area contributed by atoms with Crippen molar-refractivity contribution in [2.45, 2.75) is 18.7 Å². The smallest absolute Gasteiger partial charge is 0.264 e. The number of methoxy groups -OCH3 is 1. The van der Waals surface area contributed by atoms with Gasteiger partial charge in [0, 0.05) is 5.39 Å². The molecule has 4 rings (SSSR count). The van der Waals surface area contributed by atoms with E-state index in [1.54, 1.807) is 24.3 Å². The van der Waals surface area contributed by atoms with Crippen LogP contribution in [0.2, 0.25) is 0 Å². The van der Waals surface area contributed by atoms with E-state index in [-0.39, 0.29) is 18.0 Å².